The van der Waals surface area contributed by atoms with Gasteiger partial charge < -0.3 is 20.3 Å². The van der Waals surface area contributed by atoms with Gasteiger partial charge in [-0.2, -0.15) is 0 Å². The number of methoxy groups -OCH3 is 1. The Kier molecular flexibility index (Phi) is 5.64. The first-order valence-electron chi connectivity index (χ1n) is 9.15. The van der Waals surface area contributed by atoms with E-state index in [1.165, 1.54) is 0 Å². The van der Waals surface area contributed by atoms with Crippen molar-refractivity contribution >= 4 is 29.0 Å². The molecule has 0 atom stereocenters. The van der Waals surface area contributed by atoms with E-state index in [0.717, 1.165) is 24.1 Å². The molecule has 2 aromatic carbocycles. The molecule has 1 aliphatic rings. The van der Waals surface area contributed by atoms with Crippen molar-refractivity contribution in [1.82, 2.24) is 0 Å². The van der Waals surface area contributed by atoms with E-state index in [-0.39, 0.29) is 17.9 Å². The molecule has 1 aliphatic heterocycles. The zero-order valence-corrected chi connectivity index (χ0v) is 15.9. The molecule has 3 rings (SSSR count). The van der Waals surface area contributed by atoms with Crippen molar-refractivity contribution in [3.05, 3.63) is 48.0 Å². The summed E-state index contributed by atoms with van der Waals surface area (Å²) in [4.78, 5) is 26.7. The van der Waals surface area contributed by atoms with Crippen LogP contribution in [0, 0.1) is 5.92 Å². The van der Waals surface area contributed by atoms with Crippen LogP contribution in [0.1, 0.15) is 25.8 Å². The first-order valence-corrected chi connectivity index (χ1v) is 9.15. The number of carbonyl (C=O) groups is 2. The molecule has 2 N–H and O–H groups in total. The first-order chi connectivity index (χ1) is 13.0. The Morgan fingerprint density at radius 2 is 1.89 bits per heavy atom. The predicted molar refractivity (Wildman–Crippen MR) is 108 cm³/mol. The number of nitrogens with zero attached hydrogens (tertiary/aromatic N) is 1. The van der Waals surface area contributed by atoms with Crippen LogP contribution >= 0.6 is 0 Å². The standard InChI is InChI=1S/C21H25N3O3/c1-14(2)20(25)24-12-6-7-15-10-11-16(13-18(15)24)22-21(26)23-17-8-4-5-9-19(17)27-3/h4-5,8-11,13-14H,6-7,12H2,1-3H3,(H2,22,23,26). The van der Waals surface area contributed by atoms with Gasteiger partial charge in [0.1, 0.15) is 5.75 Å². The number of benzene rings is 2. The number of hydrogen-bond donors (Lipinski definition) is 2. The Hall–Kier alpha value is -3.02. The summed E-state index contributed by atoms with van der Waals surface area (Å²) in [5.41, 5.74) is 3.25. The lowest BCUT2D eigenvalue weighted by molar-refractivity contribution is -0.121. The van der Waals surface area contributed by atoms with Crippen LogP contribution in [0.2, 0.25) is 0 Å². The van der Waals surface area contributed by atoms with E-state index in [0.29, 0.717) is 23.7 Å². The van der Waals surface area contributed by atoms with E-state index in [4.69, 9.17) is 4.74 Å². The summed E-state index contributed by atoms with van der Waals surface area (Å²) in [5.74, 6) is 0.625. The van der Waals surface area contributed by atoms with Crippen LogP contribution in [0.5, 0.6) is 5.75 Å². The van der Waals surface area contributed by atoms with E-state index in [1.807, 2.05) is 49.1 Å². The Morgan fingerprint density at radius 1 is 1.11 bits per heavy atom. The van der Waals surface area contributed by atoms with Gasteiger partial charge >= 0.3 is 6.03 Å². The maximum atomic E-state index is 12.5. The van der Waals surface area contributed by atoms with Gasteiger partial charge in [-0.1, -0.05) is 32.0 Å². The first kappa shape index (κ1) is 18.8. The van der Waals surface area contributed by atoms with Crippen molar-refractivity contribution in [2.75, 3.05) is 29.2 Å². The second-order valence-electron chi connectivity index (χ2n) is 6.87. The zero-order valence-electron chi connectivity index (χ0n) is 15.9. The number of anilines is 3. The molecule has 0 fully saturated rings. The molecule has 0 bridgehead atoms. The van der Waals surface area contributed by atoms with Gasteiger partial charge in [0.15, 0.2) is 0 Å². The third-order valence-corrected chi connectivity index (χ3v) is 4.58. The van der Waals surface area contributed by atoms with Crippen molar-refractivity contribution in [3.63, 3.8) is 0 Å². The fraction of sp³-hybridized carbons (Fsp3) is 0.333. The number of fused-ring (bicyclic) bond motifs is 1. The van der Waals surface area contributed by atoms with Gasteiger partial charge in [-0.25, -0.2) is 4.79 Å². The van der Waals surface area contributed by atoms with E-state index < -0.39 is 0 Å². The van der Waals surface area contributed by atoms with Gasteiger partial charge in [0.2, 0.25) is 5.91 Å². The topological polar surface area (TPSA) is 70.7 Å². The summed E-state index contributed by atoms with van der Waals surface area (Å²) < 4.78 is 5.25. The summed E-state index contributed by atoms with van der Waals surface area (Å²) >= 11 is 0. The molecular formula is C21H25N3O3. The summed E-state index contributed by atoms with van der Waals surface area (Å²) in [6.07, 6.45) is 1.89. The van der Waals surface area contributed by atoms with Crippen LogP contribution in [0.25, 0.3) is 0 Å². The molecule has 6 nitrogen and oxygen atoms in total. The third kappa shape index (κ3) is 4.22. The average molecular weight is 367 g/mol. The van der Waals surface area contributed by atoms with Crippen LogP contribution in [0.3, 0.4) is 0 Å². The monoisotopic (exact) mass is 367 g/mol. The maximum Gasteiger partial charge on any atom is 0.323 e. The van der Waals surface area contributed by atoms with Crippen molar-refractivity contribution in [2.45, 2.75) is 26.7 Å². The number of para-hydroxylation sites is 2. The molecule has 27 heavy (non-hydrogen) atoms. The number of carbonyl (C=O) groups excluding carboxylic acids is 2. The van der Waals surface area contributed by atoms with Crippen LogP contribution in [0.15, 0.2) is 42.5 Å². The second-order valence-corrected chi connectivity index (χ2v) is 6.87. The van der Waals surface area contributed by atoms with Gasteiger partial charge in [-0.15, -0.1) is 0 Å². The second kappa shape index (κ2) is 8.12. The number of urea groups is 1. The molecule has 6 heteroatoms. The minimum Gasteiger partial charge on any atom is -0.495 e. The largest absolute Gasteiger partial charge is 0.495 e. The third-order valence-electron chi connectivity index (χ3n) is 4.58. The molecule has 142 valence electrons. The van der Waals surface area contributed by atoms with Crippen molar-refractivity contribution in [3.8, 4) is 5.75 Å². The summed E-state index contributed by atoms with van der Waals surface area (Å²) in [5, 5.41) is 5.62. The molecular weight excluding hydrogens is 342 g/mol. The van der Waals surface area contributed by atoms with E-state index in [9.17, 15) is 9.59 Å². The molecule has 0 spiro atoms. The Bertz CT molecular complexity index is 848. The minimum atomic E-state index is -0.364. The van der Waals surface area contributed by atoms with E-state index >= 15 is 0 Å². The fourth-order valence-electron chi connectivity index (χ4n) is 3.23. The van der Waals surface area contributed by atoms with E-state index in [1.54, 1.807) is 19.2 Å². The van der Waals surface area contributed by atoms with Gasteiger partial charge in [0.25, 0.3) is 0 Å². The number of hydrogen-bond acceptors (Lipinski definition) is 3. The molecule has 1 heterocycles. The predicted octanol–water partition coefficient (Wildman–Crippen LogP) is 4.27. The molecule has 0 unspecified atom stereocenters. The molecule has 0 aliphatic carbocycles. The SMILES string of the molecule is COc1ccccc1NC(=O)Nc1ccc2c(c1)N(C(=O)C(C)C)CCC2. The quantitative estimate of drug-likeness (QED) is 0.847. The highest BCUT2D eigenvalue weighted by molar-refractivity contribution is 6.02. The Morgan fingerprint density at radius 3 is 2.63 bits per heavy atom. The number of nitrogens with one attached hydrogen (secondary N) is 2. The number of ether oxygens (including phenoxy) is 1. The molecule has 0 aromatic heterocycles. The van der Waals surface area contributed by atoms with Gasteiger partial charge in [-0.3, -0.25) is 4.79 Å². The lowest BCUT2D eigenvalue weighted by Gasteiger charge is -2.31. The molecule has 0 radical (unpaired) electrons. The van der Waals surface area contributed by atoms with Crippen molar-refractivity contribution in [2.24, 2.45) is 5.92 Å². The van der Waals surface area contributed by atoms with Gasteiger partial charge in [0, 0.05) is 23.8 Å². The van der Waals surface area contributed by atoms with Crippen LogP contribution in [0.4, 0.5) is 21.9 Å². The number of amides is 3. The number of aryl methyl sites for hydroxylation is 1. The van der Waals surface area contributed by atoms with Crippen molar-refractivity contribution in [1.29, 1.82) is 0 Å². The highest BCUT2D eigenvalue weighted by atomic mass is 16.5. The fourth-order valence-corrected chi connectivity index (χ4v) is 3.23. The minimum absolute atomic E-state index is 0.0681. The highest BCUT2D eigenvalue weighted by Gasteiger charge is 2.24. The van der Waals surface area contributed by atoms with Crippen LogP contribution in [-0.2, 0) is 11.2 Å². The highest BCUT2D eigenvalue weighted by Crippen LogP contribution is 2.31. The normalized spacial score (nSPS) is 13.1. The molecule has 3 amide bonds. The molecule has 0 saturated carbocycles. The maximum absolute atomic E-state index is 12.5. The van der Waals surface area contributed by atoms with Crippen LogP contribution in [-0.4, -0.2) is 25.6 Å². The smallest absolute Gasteiger partial charge is 0.323 e. The Balaban J connectivity index is 1.77. The molecule has 0 saturated heterocycles. The molecule has 2 aromatic rings. The number of rotatable bonds is 4. The average Bonchev–Trinajstić information content (AvgIpc) is 2.67. The van der Waals surface area contributed by atoms with Crippen LogP contribution < -0.4 is 20.3 Å². The lowest BCUT2D eigenvalue weighted by Crippen LogP contribution is -2.38. The van der Waals surface area contributed by atoms with Gasteiger partial charge in [-0.05, 0) is 42.7 Å². The Labute approximate surface area is 159 Å². The van der Waals surface area contributed by atoms with Gasteiger partial charge in [0.05, 0.1) is 12.8 Å². The summed E-state index contributed by atoms with van der Waals surface area (Å²) in [6.45, 7) is 4.51. The summed E-state index contributed by atoms with van der Waals surface area (Å²) in [6, 6.07) is 12.6. The zero-order chi connectivity index (χ0) is 19.4. The van der Waals surface area contributed by atoms with Crippen molar-refractivity contribution < 1.29 is 14.3 Å². The lowest BCUT2D eigenvalue weighted by atomic mass is 9.99. The van der Waals surface area contributed by atoms with E-state index in [2.05, 4.69) is 10.6 Å². The summed E-state index contributed by atoms with van der Waals surface area (Å²) in [7, 11) is 1.56.